The van der Waals surface area contributed by atoms with Crippen LogP contribution in [0, 0.1) is 0 Å². The normalized spacial score (nSPS) is 13.8. The monoisotopic (exact) mass is 403 g/mol. The van der Waals surface area contributed by atoms with Gasteiger partial charge in [0.15, 0.2) is 6.10 Å². The lowest BCUT2D eigenvalue weighted by Crippen LogP contribution is -2.37. The van der Waals surface area contributed by atoms with Gasteiger partial charge in [-0.3, -0.25) is 4.79 Å². The Morgan fingerprint density at radius 1 is 1.00 bits per heavy atom. The van der Waals surface area contributed by atoms with Gasteiger partial charge in [-0.2, -0.15) is 0 Å². The van der Waals surface area contributed by atoms with Crippen LogP contribution in [0.1, 0.15) is 51.8 Å². The van der Waals surface area contributed by atoms with E-state index in [1.54, 1.807) is 6.92 Å². The summed E-state index contributed by atoms with van der Waals surface area (Å²) in [5, 5.41) is 3.01. The van der Waals surface area contributed by atoms with Crippen LogP contribution in [0.5, 0.6) is 5.75 Å². The van der Waals surface area contributed by atoms with Crippen molar-refractivity contribution < 1.29 is 9.53 Å². The summed E-state index contributed by atoms with van der Waals surface area (Å²) in [4.78, 5) is 12.4. The van der Waals surface area contributed by atoms with E-state index in [0.29, 0.717) is 5.75 Å². The van der Waals surface area contributed by atoms with Gasteiger partial charge in [0, 0.05) is 4.47 Å². The summed E-state index contributed by atoms with van der Waals surface area (Å²) < 4.78 is 6.67. The van der Waals surface area contributed by atoms with Crippen LogP contribution >= 0.6 is 15.9 Å². The van der Waals surface area contributed by atoms with E-state index in [-0.39, 0.29) is 17.4 Å². The third kappa shape index (κ3) is 5.60. The maximum absolute atomic E-state index is 12.4. The van der Waals surface area contributed by atoms with Crippen LogP contribution in [0.2, 0.25) is 0 Å². The summed E-state index contributed by atoms with van der Waals surface area (Å²) in [6.07, 6.45) is -0.558. The van der Waals surface area contributed by atoms with Crippen molar-refractivity contribution in [3.63, 3.8) is 0 Å². The third-order valence-electron chi connectivity index (χ3n) is 4.13. The summed E-state index contributed by atoms with van der Waals surface area (Å²) >= 11 is 3.38. The molecule has 1 amide bonds. The molecule has 1 N–H and O–H groups in total. The first kappa shape index (κ1) is 19.5. The van der Waals surface area contributed by atoms with Crippen molar-refractivity contribution in [3.05, 3.63) is 64.1 Å². The van der Waals surface area contributed by atoms with E-state index in [4.69, 9.17) is 4.74 Å². The summed E-state index contributed by atoms with van der Waals surface area (Å²) in [5.41, 5.74) is 2.48. The van der Waals surface area contributed by atoms with Crippen LogP contribution in [0.4, 0.5) is 0 Å². The largest absolute Gasteiger partial charge is 0.481 e. The molecule has 2 atom stereocenters. The van der Waals surface area contributed by atoms with Crippen LogP contribution in [-0.2, 0) is 10.2 Å². The molecule has 0 spiro atoms. The van der Waals surface area contributed by atoms with Crippen LogP contribution in [0.25, 0.3) is 0 Å². The zero-order chi connectivity index (χ0) is 18.6. The minimum absolute atomic E-state index is 0.0718. The lowest BCUT2D eigenvalue weighted by molar-refractivity contribution is -0.127. The Bertz CT molecular complexity index is 702. The lowest BCUT2D eigenvalue weighted by atomic mass is 9.86. The average molecular weight is 404 g/mol. The van der Waals surface area contributed by atoms with Gasteiger partial charge in [-0.25, -0.2) is 0 Å². The molecule has 0 aliphatic rings. The van der Waals surface area contributed by atoms with Gasteiger partial charge < -0.3 is 10.1 Å². The molecule has 25 heavy (non-hydrogen) atoms. The van der Waals surface area contributed by atoms with Gasteiger partial charge >= 0.3 is 0 Å². The van der Waals surface area contributed by atoms with E-state index in [1.165, 1.54) is 5.56 Å². The Kier molecular flexibility index (Phi) is 6.28. The molecule has 0 saturated heterocycles. The molecule has 134 valence electrons. The van der Waals surface area contributed by atoms with Crippen molar-refractivity contribution >= 4 is 21.8 Å². The fourth-order valence-corrected chi connectivity index (χ4v) is 2.72. The number of ether oxygens (including phenoxy) is 1. The second-order valence-electron chi connectivity index (χ2n) is 7.32. The molecule has 0 aliphatic heterocycles. The van der Waals surface area contributed by atoms with Crippen LogP contribution in [0.3, 0.4) is 0 Å². The highest BCUT2D eigenvalue weighted by molar-refractivity contribution is 9.10. The van der Waals surface area contributed by atoms with Gasteiger partial charge in [-0.1, -0.05) is 61.0 Å². The Balaban J connectivity index is 1.95. The number of carbonyl (C=O) groups excluding carboxylic acids is 1. The van der Waals surface area contributed by atoms with Crippen molar-refractivity contribution in [1.82, 2.24) is 5.32 Å². The number of rotatable bonds is 5. The van der Waals surface area contributed by atoms with Crippen molar-refractivity contribution in [3.8, 4) is 5.75 Å². The quantitative estimate of drug-likeness (QED) is 0.726. The van der Waals surface area contributed by atoms with Crippen molar-refractivity contribution in [1.29, 1.82) is 0 Å². The molecule has 2 aromatic carbocycles. The van der Waals surface area contributed by atoms with Gasteiger partial charge in [0.05, 0.1) is 6.04 Å². The van der Waals surface area contributed by atoms with Crippen LogP contribution < -0.4 is 10.1 Å². The Labute approximate surface area is 158 Å². The first-order chi connectivity index (χ1) is 11.7. The second-order valence-corrected chi connectivity index (χ2v) is 8.23. The molecule has 0 saturated carbocycles. The van der Waals surface area contributed by atoms with E-state index < -0.39 is 6.10 Å². The highest BCUT2D eigenvalue weighted by Crippen LogP contribution is 2.24. The zero-order valence-electron chi connectivity index (χ0n) is 15.5. The van der Waals surface area contributed by atoms with E-state index >= 15 is 0 Å². The number of amides is 1. The van der Waals surface area contributed by atoms with Gasteiger partial charge in [-0.15, -0.1) is 0 Å². The molecule has 2 rings (SSSR count). The first-order valence-electron chi connectivity index (χ1n) is 8.50. The van der Waals surface area contributed by atoms with E-state index in [1.807, 2.05) is 31.2 Å². The molecule has 4 heteroatoms. The van der Waals surface area contributed by atoms with Gasteiger partial charge in [0.25, 0.3) is 5.91 Å². The Hall–Kier alpha value is -1.81. The molecule has 0 aromatic heterocycles. The molecular formula is C21H26BrNO2. The molecule has 0 bridgehead atoms. The fourth-order valence-electron chi connectivity index (χ4n) is 2.46. The minimum atomic E-state index is -0.558. The molecule has 0 fully saturated rings. The molecular weight excluding hydrogens is 378 g/mol. The Morgan fingerprint density at radius 2 is 1.56 bits per heavy atom. The number of benzene rings is 2. The van der Waals surface area contributed by atoms with Crippen molar-refractivity contribution in [2.75, 3.05) is 0 Å². The third-order valence-corrected chi connectivity index (χ3v) is 4.66. The summed E-state index contributed by atoms with van der Waals surface area (Å²) in [7, 11) is 0. The SMILES string of the molecule is CC(Oc1ccc(Br)cc1)C(=O)NC(C)c1ccc(C(C)(C)C)cc1. The van der Waals surface area contributed by atoms with E-state index in [0.717, 1.165) is 10.0 Å². The molecule has 0 radical (unpaired) electrons. The molecule has 3 nitrogen and oxygen atoms in total. The van der Waals surface area contributed by atoms with Gasteiger partial charge in [0.1, 0.15) is 5.75 Å². The zero-order valence-corrected chi connectivity index (χ0v) is 17.1. The maximum Gasteiger partial charge on any atom is 0.261 e. The predicted octanol–water partition coefficient (Wildman–Crippen LogP) is 5.39. The smallest absolute Gasteiger partial charge is 0.261 e. The summed E-state index contributed by atoms with van der Waals surface area (Å²) in [6.45, 7) is 10.3. The minimum Gasteiger partial charge on any atom is -0.481 e. The average Bonchev–Trinajstić information content (AvgIpc) is 2.56. The van der Waals surface area contributed by atoms with E-state index in [2.05, 4.69) is 66.3 Å². The fraction of sp³-hybridized carbons (Fsp3) is 0.381. The number of halogens is 1. The van der Waals surface area contributed by atoms with E-state index in [9.17, 15) is 4.79 Å². The number of carbonyl (C=O) groups is 1. The lowest BCUT2D eigenvalue weighted by Gasteiger charge is -2.22. The highest BCUT2D eigenvalue weighted by Gasteiger charge is 2.19. The number of hydrogen-bond donors (Lipinski definition) is 1. The summed E-state index contributed by atoms with van der Waals surface area (Å²) in [5.74, 6) is 0.545. The number of hydrogen-bond acceptors (Lipinski definition) is 2. The topological polar surface area (TPSA) is 38.3 Å². The van der Waals surface area contributed by atoms with Crippen molar-refractivity contribution in [2.24, 2.45) is 0 Å². The maximum atomic E-state index is 12.4. The van der Waals surface area contributed by atoms with Crippen LogP contribution in [-0.4, -0.2) is 12.0 Å². The Morgan fingerprint density at radius 3 is 2.08 bits per heavy atom. The molecule has 2 unspecified atom stereocenters. The first-order valence-corrected chi connectivity index (χ1v) is 9.29. The standard InChI is InChI=1S/C21H26BrNO2/c1-14(16-6-8-17(9-7-16)21(3,4)5)23-20(24)15(2)25-19-12-10-18(22)11-13-19/h6-15H,1-5H3,(H,23,24). The second kappa shape index (κ2) is 8.05. The van der Waals surface area contributed by atoms with Crippen LogP contribution in [0.15, 0.2) is 53.0 Å². The predicted molar refractivity (Wildman–Crippen MR) is 106 cm³/mol. The molecule has 2 aromatic rings. The van der Waals surface area contributed by atoms with Gasteiger partial charge in [0.2, 0.25) is 0 Å². The van der Waals surface area contributed by atoms with Gasteiger partial charge in [-0.05, 0) is 54.7 Å². The molecule has 0 aliphatic carbocycles. The van der Waals surface area contributed by atoms with Crippen molar-refractivity contribution in [2.45, 2.75) is 52.2 Å². The highest BCUT2D eigenvalue weighted by atomic mass is 79.9. The molecule has 0 heterocycles. The number of nitrogens with one attached hydrogen (secondary N) is 1. The summed E-state index contributed by atoms with van der Waals surface area (Å²) in [6, 6.07) is 15.8.